The van der Waals surface area contributed by atoms with Crippen molar-refractivity contribution in [3.8, 4) is 16.9 Å². The summed E-state index contributed by atoms with van der Waals surface area (Å²) in [6, 6.07) is 11.4. The van der Waals surface area contributed by atoms with Gasteiger partial charge in [-0.05, 0) is 62.2 Å². The molecule has 5 nitrogen and oxygen atoms in total. The van der Waals surface area contributed by atoms with E-state index in [1.165, 1.54) is 28.8 Å². The maximum atomic E-state index is 12.9. The molecule has 0 aliphatic carbocycles. The molecule has 4 aromatic rings. The second kappa shape index (κ2) is 8.19. The van der Waals surface area contributed by atoms with E-state index >= 15 is 0 Å². The first-order valence-corrected chi connectivity index (χ1v) is 11.0. The normalized spacial score (nSPS) is 14.3. The zero-order valence-corrected chi connectivity index (χ0v) is 18.1. The lowest BCUT2D eigenvalue weighted by molar-refractivity contribution is -0.137. The molecule has 0 radical (unpaired) electrons. The van der Waals surface area contributed by atoms with E-state index in [4.69, 9.17) is 0 Å². The van der Waals surface area contributed by atoms with Crippen molar-refractivity contribution in [1.29, 1.82) is 0 Å². The number of nitrogens with zero attached hydrogens (tertiary/aromatic N) is 3. The average Bonchev–Trinajstić information content (AvgIpc) is 2.93. The molecule has 8 heteroatoms. The summed E-state index contributed by atoms with van der Waals surface area (Å²) in [5.41, 5.74) is 4.22. The monoisotopic (exact) mass is 452 g/mol. The summed E-state index contributed by atoms with van der Waals surface area (Å²) < 4.78 is 42.2. The van der Waals surface area contributed by atoms with Gasteiger partial charge in [0.05, 0.1) is 22.5 Å². The lowest BCUT2D eigenvalue weighted by atomic mass is 10.1. The summed E-state index contributed by atoms with van der Waals surface area (Å²) in [4.78, 5) is 16.8. The molecule has 3 aromatic heterocycles. The van der Waals surface area contributed by atoms with Crippen molar-refractivity contribution in [2.24, 2.45) is 0 Å². The molecule has 1 aromatic carbocycles. The van der Waals surface area contributed by atoms with Crippen LogP contribution in [0.15, 0.2) is 59.7 Å². The van der Waals surface area contributed by atoms with E-state index in [1.54, 1.807) is 16.8 Å². The average molecular weight is 452 g/mol. The number of rotatable bonds is 3. The summed E-state index contributed by atoms with van der Waals surface area (Å²) in [6.45, 7) is 4.80. The smallest absolute Gasteiger partial charge is 0.343 e. The van der Waals surface area contributed by atoms with Gasteiger partial charge in [-0.1, -0.05) is 6.07 Å². The predicted molar refractivity (Wildman–Crippen MR) is 121 cm³/mol. The van der Waals surface area contributed by atoms with Gasteiger partial charge in [0, 0.05) is 48.2 Å². The highest BCUT2D eigenvalue weighted by molar-refractivity contribution is 5.87. The van der Waals surface area contributed by atoms with E-state index in [0.29, 0.717) is 11.3 Å². The van der Waals surface area contributed by atoms with Crippen molar-refractivity contribution < 1.29 is 13.2 Å². The number of halogens is 3. The first kappa shape index (κ1) is 21.5. The van der Waals surface area contributed by atoms with E-state index in [-0.39, 0.29) is 5.56 Å². The zero-order valence-electron chi connectivity index (χ0n) is 18.1. The maximum absolute atomic E-state index is 12.9. The Hall–Kier alpha value is -3.39. The van der Waals surface area contributed by atoms with Gasteiger partial charge in [-0.15, -0.1) is 0 Å². The van der Waals surface area contributed by atoms with Crippen LogP contribution in [0.2, 0.25) is 0 Å². The summed E-state index contributed by atoms with van der Waals surface area (Å²) in [6.07, 6.45) is 0.102. The minimum atomic E-state index is -4.45. The van der Waals surface area contributed by atoms with Crippen molar-refractivity contribution in [3.05, 3.63) is 82.0 Å². The van der Waals surface area contributed by atoms with Crippen LogP contribution in [0.1, 0.15) is 30.2 Å². The maximum Gasteiger partial charge on any atom is 0.417 e. The molecule has 0 saturated carbocycles. The van der Waals surface area contributed by atoms with Crippen LogP contribution in [0.4, 0.5) is 13.2 Å². The highest BCUT2D eigenvalue weighted by Crippen LogP contribution is 2.31. The fourth-order valence-corrected chi connectivity index (χ4v) is 4.64. The Morgan fingerprint density at radius 3 is 2.67 bits per heavy atom. The Balaban J connectivity index is 1.53. The standard InChI is InChI=1S/C25H23F3N4O/c1-2-31-22-13-18(6-7-20(22)19-4-3-10-29-15-23(19)31)32-11-9-16(12-24(32)33)21-8-5-17(14-30-21)25(26,27)28/h5-9,11-14,29H,2-4,10,15H2,1H3. The lowest BCUT2D eigenvalue weighted by Crippen LogP contribution is -2.17. The predicted octanol–water partition coefficient (Wildman–Crippen LogP) is 4.93. The van der Waals surface area contributed by atoms with Crippen LogP contribution in [-0.2, 0) is 25.7 Å². The topological polar surface area (TPSA) is 51.9 Å². The molecule has 4 heterocycles. The van der Waals surface area contributed by atoms with Crippen molar-refractivity contribution in [2.45, 2.75) is 39.0 Å². The number of hydrogen-bond donors (Lipinski definition) is 1. The quantitative estimate of drug-likeness (QED) is 0.480. The summed E-state index contributed by atoms with van der Waals surface area (Å²) in [5.74, 6) is 0. The van der Waals surface area contributed by atoms with Gasteiger partial charge in [-0.2, -0.15) is 13.2 Å². The number of fused-ring (bicyclic) bond motifs is 3. The molecule has 170 valence electrons. The second-order valence-electron chi connectivity index (χ2n) is 8.20. The van der Waals surface area contributed by atoms with Gasteiger partial charge < -0.3 is 9.88 Å². The molecule has 0 spiro atoms. The van der Waals surface area contributed by atoms with Crippen LogP contribution in [0, 0.1) is 0 Å². The van der Waals surface area contributed by atoms with Crippen LogP contribution in [0.5, 0.6) is 0 Å². The number of aromatic nitrogens is 3. The number of aryl methyl sites for hydroxylation is 2. The van der Waals surface area contributed by atoms with Gasteiger partial charge in [-0.3, -0.25) is 14.3 Å². The fourth-order valence-electron chi connectivity index (χ4n) is 4.64. The van der Waals surface area contributed by atoms with E-state index in [0.717, 1.165) is 55.9 Å². The van der Waals surface area contributed by atoms with Crippen LogP contribution < -0.4 is 10.9 Å². The Kier molecular flexibility index (Phi) is 5.32. The van der Waals surface area contributed by atoms with E-state index in [1.807, 2.05) is 12.1 Å². The van der Waals surface area contributed by atoms with Crippen molar-refractivity contribution in [2.75, 3.05) is 6.54 Å². The molecule has 0 unspecified atom stereocenters. The number of benzene rings is 1. The first-order chi connectivity index (χ1) is 15.9. The molecule has 0 saturated heterocycles. The van der Waals surface area contributed by atoms with Crippen molar-refractivity contribution in [1.82, 2.24) is 19.4 Å². The SMILES string of the molecule is CCn1c2c(c3ccc(-n4ccc(-c5ccc(C(F)(F)F)cn5)cc4=O)cc31)CCCNC2. The van der Waals surface area contributed by atoms with Crippen molar-refractivity contribution >= 4 is 10.9 Å². The highest BCUT2D eigenvalue weighted by atomic mass is 19.4. The van der Waals surface area contributed by atoms with Gasteiger partial charge >= 0.3 is 6.18 Å². The first-order valence-electron chi connectivity index (χ1n) is 11.0. The molecule has 33 heavy (non-hydrogen) atoms. The van der Waals surface area contributed by atoms with E-state index in [2.05, 4.69) is 27.9 Å². The third-order valence-corrected chi connectivity index (χ3v) is 6.24. The van der Waals surface area contributed by atoms with Gasteiger partial charge in [0.1, 0.15) is 0 Å². The molecule has 0 bridgehead atoms. The van der Waals surface area contributed by atoms with Gasteiger partial charge in [0.2, 0.25) is 0 Å². The second-order valence-corrected chi connectivity index (χ2v) is 8.20. The molecule has 5 rings (SSSR count). The molecular formula is C25H23F3N4O. The molecule has 0 fully saturated rings. The molecular weight excluding hydrogens is 429 g/mol. The Morgan fingerprint density at radius 2 is 1.97 bits per heavy atom. The van der Waals surface area contributed by atoms with Crippen molar-refractivity contribution in [3.63, 3.8) is 0 Å². The van der Waals surface area contributed by atoms with Crippen LogP contribution in [0.3, 0.4) is 0 Å². The summed E-state index contributed by atoms with van der Waals surface area (Å²) >= 11 is 0. The third-order valence-electron chi connectivity index (χ3n) is 6.24. The zero-order chi connectivity index (χ0) is 23.2. The highest BCUT2D eigenvalue weighted by Gasteiger charge is 2.30. The van der Waals surface area contributed by atoms with Crippen LogP contribution in [-0.4, -0.2) is 20.7 Å². The number of alkyl halides is 3. The lowest BCUT2D eigenvalue weighted by Gasteiger charge is -2.11. The molecule has 1 aliphatic heterocycles. The van der Waals surface area contributed by atoms with E-state index in [9.17, 15) is 18.0 Å². The van der Waals surface area contributed by atoms with E-state index < -0.39 is 11.7 Å². The Morgan fingerprint density at radius 1 is 1.12 bits per heavy atom. The van der Waals surface area contributed by atoms with Crippen LogP contribution >= 0.6 is 0 Å². The minimum absolute atomic E-state index is 0.272. The van der Waals surface area contributed by atoms with Gasteiger partial charge in [0.25, 0.3) is 5.56 Å². The van der Waals surface area contributed by atoms with Gasteiger partial charge in [0.15, 0.2) is 0 Å². The summed E-state index contributed by atoms with van der Waals surface area (Å²) in [7, 11) is 0. The Labute approximate surface area is 188 Å². The molecule has 1 N–H and O–H groups in total. The largest absolute Gasteiger partial charge is 0.417 e. The summed E-state index contributed by atoms with van der Waals surface area (Å²) in [5, 5.41) is 4.70. The molecule has 0 amide bonds. The number of nitrogens with one attached hydrogen (secondary N) is 1. The number of pyridine rings is 2. The fraction of sp³-hybridized carbons (Fsp3) is 0.280. The number of hydrogen-bond acceptors (Lipinski definition) is 3. The molecule has 0 atom stereocenters. The van der Waals surface area contributed by atoms with Crippen LogP contribution in [0.25, 0.3) is 27.8 Å². The van der Waals surface area contributed by atoms with Gasteiger partial charge in [-0.25, -0.2) is 0 Å². The minimum Gasteiger partial charge on any atom is -0.343 e. The Bertz CT molecular complexity index is 1380. The third kappa shape index (κ3) is 3.84. The molecule has 1 aliphatic rings.